The van der Waals surface area contributed by atoms with Crippen LogP contribution in [0.15, 0.2) is 61.4 Å². The zero-order valence-electron chi connectivity index (χ0n) is 16.4. The molecule has 0 unspecified atom stereocenters. The summed E-state index contributed by atoms with van der Waals surface area (Å²) in [6.07, 6.45) is 6.40. The number of amides is 2. The highest BCUT2D eigenvalue weighted by molar-refractivity contribution is 5.82. The highest BCUT2D eigenvalue weighted by Gasteiger charge is 2.31. The number of carbonyl (C=O) groups excluding carboxylic acids is 2. The predicted octanol–water partition coefficient (Wildman–Crippen LogP) is 3.17. The number of rotatable bonds is 6. The van der Waals surface area contributed by atoms with Crippen LogP contribution in [0.25, 0.3) is 11.1 Å². The highest BCUT2D eigenvalue weighted by atomic mass is 16.2. The number of carbonyl (C=O) groups is 2. The smallest absolute Gasteiger partial charge is 0.228 e. The van der Waals surface area contributed by atoms with Crippen molar-refractivity contribution in [3.8, 4) is 11.1 Å². The minimum absolute atomic E-state index is 0.0954. The van der Waals surface area contributed by atoms with Crippen molar-refractivity contribution >= 4 is 11.8 Å². The van der Waals surface area contributed by atoms with Crippen LogP contribution in [0.2, 0.25) is 0 Å². The topological polar surface area (TPSA) is 53.5 Å². The van der Waals surface area contributed by atoms with Gasteiger partial charge in [0, 0.05) is 45.0 Å². The Morgan fingerprint density at radius 3 is 2.79 bits per heavy atom. The molecule has 1 aliphatic heterocycles. The van der Waals surface area contributed by atoms with Crippen molar-refractivity contribution < 1.29 is 9.59 Å². The van der Waals surface area contributed by atoms with Gasteiger partial charge in [0.15, 0.2) is 0 Å². The van der Waals surface area contributed by atoms with Crippen LogP contribution in [-0.2, 0) is 16.0 Å². The SMILES string of the molecule is C=CCN1CCN(C(=O)CC)C[C@H](Cc2cccc(-c3cccnc3)c2)C1=O. The molecule has 0 aliphatic carbocycles. The molecular weight excluding hydrogens is 350 g/mol. The Kier molecular flexibility index (Phi) is 6.58. The summed E-state index contributed by atoms with van der Waals surface area (Å²) in [6.45, 7) is 7.75. The van der Waals surface area contributed by atoms with Gasteiger partial charge in [0.1, 0.15) is 0 Å². The maximum Gasteiger partial charge on any atom is 0.228 e. The second-order valence-electron chi connectivity index (χ2n) is 7.11. The summed E-state index contributed by atoms with van der Waals surface area (Å²) in [5, 5.41) is 0. The number of hydrogen-bond donors (Lipinski definition) is 0. The highest BCUT2D eigenvalue weighted by Crippen LogP contribution is 2.23. The first-order chi connectivity index (χ1) is 13.6. The lowest BCUT2D eigenvalue weighted by molar-refractivity contribution is -0.134. The van der Waals surface area contributed by atoms with Crippen LogP contribution in [-0.4, -0.2) is 52.8 Å². The Labute approximate surface area is 166 Å². The first kappa shape index (κ1) is 19.8. The van der Waals surface area contributed by atoms with Gasteiger partial charge in [-0.15, -0.1) is 6.58 Å². The molecule has 1 aliphatic rings. The molecule has 0 N–H and O–H groups in total. The van der Waals surface area contributed by atoms with Gasteiger partial charge in [-0.25, -0.2) is 0 Å². The van der Waals surface area contributed by atoms with E-state index in [1.54, 1.807) is 12.3 Å². The molecule has 5 heteroatoms. The zero-order valence-corrected chi connectivity index (χ0v) is 16.4. The lowest BCUT2D eigenvalue weighted by Crippen LogP contribution is -2.37. The molecule has 1 aromatic heterocycles. The van der Waals surface area contributed by atoms with E-state index < -0.39 is 0 Å². The summed E-state index contributed by atoms with van der Waals surface area (Å²) in [5.41, 5.74) is 3.22. The van der Waals surface area contributed by atoms with Crippen molar-refractivity contribution in [1.82, 2.24) is 14.8 Å². The Balaban J connectivity index is 1.84. The fourth-order valence-corrected chi connectivity index (χ4v) is 3.68. The predicted molar refractivity (Wildman–Crippen MR) is 111 cm³/mol. The van der Waals surface area contributed by atoms with Crippen LogP contribution >= 0.6 is 0 Å². The van der Waals surface area contributed by atoms with Crippen LogP contribution in [0, 0.1) is 5.92 Å². The van der Waals surface area contributed by atoms with Gasteiger partial charge < -0.3 is 9.80 Å². The summed E-state index contributed by atoms with van der Waals surface area (Å²) in [7, 11) is 0. The van der Waals surface area contributed by atoms with E-state index in [1.807, 2.05) is 53.3 Å². The van der Waals surface area contributed by atoms with Gasteiger partial charge in [-0.3, -0.25) is 14.6 Å². The third kappa shape index (κ3) is 4.66. The van der Waals surface area contributed by atoms with Crippen molar-refractivity contribution in [2.75, 3.05) is 26.2 Å². The molecule has 2 heterocycles. The van der Waals surface area contributed by atoms with Crippen molar-refractivity contribution in [3.05, 3.63) is 67.0 Å². The van der Waals surface area contributed by atoms with Crippen molar-refractivity contribution in [2.24, 2.45) is 5.92 Å². The van der Waals surface area contributed by atoms with Gasteiger partial charge in [-0.2, -0.15) is 0 Å². The molecule has 5 nitrogen and oxygen atoms in total. The second-order valence-corrected chi connectivity index (χ2v) is 7.11. The van der Waals surface area contributed by atoms with Crippen LogP contribution < -0.4 is 0 Å². The minimum atomic E-state index is -0.248. The van der Waals surface area contributed by atoms with Crippen LogP contribution in [0.5, 0.6) is 0 Å². The zero-order chi connectivity index (χ0) is 19.9. The molecule has 1 atom stereocenters. The Morgan fingerprint density at radius 2 is 2.07 bits per heavy atom. The molecule has 1 aromatic carbocycles. The molecule has 2 aromatic rings. The van der Waals surface area contributed by atoms with Crippen LogP contribution in [0.3, 0.4) is 0 Å². The number of hydrogen-bond acceptors (Lipinski definition) is 3. The summed E-state index contributed by atoms with van der Waals surface area (Å²) < 4.78 is 0. The van der Waals surface area contributed by atoms with Crippen molar-refractivity contribution in [1.29, 1.82) is 0 Å². The molecule has 0 saturated carbocycles. The average molecular weight is 377 g/mol. The third-order valence-corrected chi connectivity index (χ3v) is 5.15. The van der Waals surface area contributed by atoms with Crippen molar-refractivity contribution in [3.63, 3.8) is 0 Å². The van der Waals surface area contributed by atoms with E-state index in [4.69, 9.17) is 0 Å². The fraction of sp³-hybridized carbons (Fsp3) is 0.348. The van der Waals surface area contributed by atoms with E-state index in [0.717, 1.165) is 16.7 Å². The maximum atomic E-state index is 13.1. The number of benzene rings is 1. The van der Waals surface area contributed by atoms with Gasteiger partial charge in [0.05, 0.1) is 5.92 Å². The molecule has 0 bridgehead atoms. The quantitative estimate of drug-likeness (QED) is 0.727. The average Bonchev–Trinajstić information content (AvgIpc) is 2.88. The number of aromatic nitrogens is 1. The normalized spacial score (nSPS) is 17.3. The maximum absolute atomic E-state index is 13.1. The fourth-order valence-electron chi connectivity index (χ4n) is 3.68. The molecule has 1 saturated heterocycles. The summed E-state index contributed by atoms with van der Waals surface area (Å²) in [6, 6.07) is 12.1. The number of nitrogens with zero attached hydrogens (tertiary/aromatic N) is 3. The van der Waals surface area contributed by atoms with Gasteiger partial charge >= 0.3 is 0 Å². The van der Waals surface area contributed by atoms with E-state index in [1.165, 1.54) is 0 Å². The molecule has 0 spiro atoms. The number of pyridine rings is 1. The van der Waals surface area contributed by atoms with Crippen LogP contribution in [0.4, 0.5) is 0 Å². The molecule has 2 amide bonds. The molecular formula is C23H27N3O2. The first-order valence-electron chi connectivity index (χ1n) is 9.79. The van der Waals surface area contributed by atoms with Gasteiger partial charge in [-0.05, 0) is 29.2 Å². The van der Waals surface area contributed by atoms with Crippen LogP contribution in [0.1, 0.15) is 18.9 Å². The third-order valence-electron chi connectivity index (χ3n) is 5.15. The van der Waals surface area contributed by atoms with Gasteiger partial charge in [-0.1, -0.05) is 43.3 Å². The van der Waals surface area contributed by atoms with Gasteiger partial charge in [0.2, 0.25) is 11.8 Å². The largest absolute Gasteiger partial charge is 0.340 e. The van der Waals surface area contributed by atoms with E-state index in [9.17, 15) is 9.59 Å². The van der Waals surface area contributed by atoms with E-state index in [0.29, 0.717) is 39.0 Å². The molecule has 146 valence electrons. The molecule has 28 heavy (non-hydrogen) atoms. The summed E-state index contributed by atoms with van der Waals surface area (Å²) in [5.74, 6) is -0.0532. The van der Waals surface area contributed by atoms with E-state index in [2.05, 4.69) is 17.6 Å². The Bertz CT molecular complexity index is 835. The monoisotopic (exact) mass is 377 g/mol. The van der Waals surface area contributed by atoms with Gasteiger partial charge in [0.25, 0.3) is 0 Å². The van der Waals surface area contributed by atoms with E-state index >= 15 is 0 Å². The molecule has 0 radical (unpaired) electrons. The lowest BCUT2D eigenvalue weighted by atomic mass is 9.95. The molecule has 3 rings (SSSR count). The van der Waals surface area contributed by atoms with Crippen molar-refractivity contribution in [2.45, 2.75) is 19.8 Å². The minimum Gasteiger partial charge on any atom is -0.340 e. The Hall–Kier alpha value is -2.95. The lowest BCUT2D eigenvalue weighted by Gasteiger charge is -2.23. The molecule has 1 fully saturated rings. The summed E-state index contributed by atoms with van der Waals surface area (Å²) in [4.78, 5) is 33.2. The Morgan fingerprint density at radius 1 is 1.25 bits per heavy atom. The summed E-state index contributed by atoms with van der Waals surface area (Å²) >= 11 is 0. The van der Waals surface area contributed by atoms with E-state index in [-0.39, 0.29) is 17.7 Å². The standard InChI is InChI=1S/C23H27N3O2/c1-3-11-25-12-13-26(22(27)4-2)17-21(23(25)28)15-18-7-5-8-19(14-18)20-9-6-10-24-16-20/h3,5-10,14,16,21H,1,4,11-13,15,17H2,2H3/t21-/m0/s1. The second kappa shape index (κ2) is 9.31. The first-order valence-corrected chi connectivity index (χ1v) is 9.79.